The third kappa shape index (κ3) is 7.30. The van der Waals surface area contributed by atoms with E-state index in [0.29, 0.717) is 29.2 Å². The molecule has 1 aromatic heterocycles. The summed E-state index contributed by atoms with van der Waals surface area (Å²) in [5.41, 5.74) is 11.2. The second-order valence-electron chi connectivity index (χ2n) is 17.5. The number of hydrogen-bond donors (Lipinski definition) is 0. The number of ether oxygens (including phenoxy) is 2. The van der Waals surface area contributed by atoms with Crippen LogP contribution in [0.3, 0.4) is 0 Å². The number of benzene rings is 4. The van der Waals surface area contributed by atoms with Gasteiger partial charge in [-0.2, -0.15) is 6.07 Å². The van der Waals surface area contributed by atoms with Crippen molar-refractivity contribution in [3.8, 4) is 22.6 Å². The number of fused-ring (bicyclic) bond motifs is 3. The molecular weight excluding hydrogens is 858 g/mol. The minimum atomic E-state index is -0.263. The maximum Gasteiger partial charge on any atom is 2.00 e. The number of anilines is 3. The Bertz CT molecular complexity index is 2220. The Hall–Kier alpha value is -4.21. The second kappa shape index (κ2) is 15.0. The minimum absolute atomic E-state index is 0. The van der Waals surface area contributed by atoms with Gasteiger partial charge in [0.1, 0.15) is 17.8 Å². The van der Waals surface area contributed by atoms with E-state index < -0.39 is 0 Å². The SMILES string of the molecule is CC(C)c1cccc(C(C)C)c1-c1cc(Oc2[c-]c3c(cc2)C(C)(C)c2ccccc2N3c2cc(C(C)(C)C)ccn2)[c-]c(C2=N[C@@H]3CCCC[C@@H]3O2)c1.[Pt+2]. The number of aromatic nitrogens is 1. The Labute approximate surface area is 342 Å². The average Bonchev–Trinajstić information content (AvgIpc) is 3.59. The molecule has 2 atom stereocenters. The van der Waals surface area contributed by atoms with Crippen molar-refractivity contribution in [2.45, 2.75) is 123 Å². The first kappa shape index (κ1) is 39.0. The fourth-order valence-corrected chi connectivity index (χ4v) is 8.59. The van der Waals surface area contributed by atoms with Crippen LogP contribution in [0.5, 0.6) is 11.5 Å². The smallest absolute Gasteiger partial charge is 0.515 e. The van der Waals surface area contributed by atoms with Gasteiger partial charge in [-0.25, -0.2) is 4.98 Å². The van der Waals surface area contributed by atoms with Crippen LogP contribution < -0.4 is 9.64 Å². The Morgan fingerprint density at radius 2 is 1.55 bits per heavy atom. The standard InChI is InChI=1S/C49H53N3O2.Pt/c1-30(2)37-15-14-16-38(31(3)4)46(37)32-25-33(47-51-41-18-11-13-20-44(41)54-47)27-36(26-32)53-35-21-22-40-43(29-35)52(42-19-12-10-17-39(42)49(40,8)9)45-28-34(23-24-50-45)48(5,6)7;/h10,12,14-17,19,21-26,28,30-31,41,44H,11,13,18,20H2,1-9H3;/q-2;+2/t41-,44+;/m1./s1. The normalized spacial score (nSPS) is 18.5. The number of para-hydroxylation sites is 1. The van der Waals surface area contributed by atoms with Gasteiger partial charge in [-0.1, -0.05) is 134 Å². The Kier molecular flexibility index (Phi) is 10.7. The minimum Gasteiger partial charge on any atom is -0.515 e. The molecule has 0 N–H and O–H groups in total. The molecule has 0 spiro atoms. The Morgan fingerprint density at radius 1 is 0.818 bits per heavy atom. The third-order valence-electron chi connectivity index (χ3n) is 11.6. The van der Waals surface area contributed by atoms with Crippen LogP contribution in [-0.2, 0) is 36.6 Å². The van der Waals surface area contributed by atoms with Gasteiger partial charge in [0.15, 0.2) is 0 Å². The number of rotatable bonds is 7. The van der Waals surface area contributed by atoms with Gasteiger partial charge >= 0.3 is 21.1 Å². The van der Waals surface area contributed by atoms with Crippen molar-refractivity contribution in [1.29, 1.82) is 0 Å². The van der Waals surface area contributed by atoms with E-state index in [9.17, 15) is 0 Å². The first-order valence-electron chi connectivity index (χ1n) is 19.9. The van der Waals surface area contributed by atoms with Crippen LogP contribution in [0.1, 0.15) is 133 Å². The number of aliphatic imine (C=N–C) groups is 1. The summed E-state index contributed by atoms with van der Waals surface area (Å²) < 4.78 is 13.4. The fraction of sp³-hybridized carbons (Fsp3) is 0.388. The molecular formula is C49H53N3O2Pt. The van der Waals surface area contributed by atoms with Gasteiger partial charge in [-0.15, -0.1) is 23.8 Å². The molecule has 6 heteroatoms. The van der Waals surface area contributed by atoms with Crippen LogP contribution in [0.2, 0.25) is 0 Å². The summed E-state index contributed by atoms with van der Waals surface area (Å²) in [6.45, 7) is 20.4. The van der Waals surface area contributed by atoms with Crippen LogP contribution in [0.15, 0.2) is 90.1 Å². The van der Waals surface area contributed by atoms with E-state index >= 15 is 0 Å². The van der Waals surface area contributed by atoms with Crippen LogP contribution in [-0.4, -0.2) is 23.0 Å². The summed E-state index contributed by atoms with van der Waals surface area (Å²) >= 11 is 0. The monoisotopic (exact) mass is 910 g/mol. The zero-order valence-electron chi connectivity index (χ0n) is 33.7. The first-order chi connectivity index (χ1) is 25.8. The molecule has 8 rings (SSSR count). The van der Waals surface area contributed by atoms with Crippen LogP contribution in [0, 0.1) is 12.1 Å². The van der Waals surface area contributed by atoms with E-state index in [-0.39, 0.29) is 44.0 Å². The predicted octanol–water partition coefficient (Wildman–Crippen LogP) is 12.9. The summed E-state index contributed by atoms with van der Waals surface area (Å²) in [5, 5.41) is 0. The van der Waals surface area contributed by atoms with Gasteiger partial charge in [0.25, 0.3) is 0 Å². The molecule has 0 bridgehead atoms. The maximum atomic E-state index is 6.88. The summed E-state index contributed by atoms with van der Waals surface area (Å²) in [4.78, 5) is 12.3. The van der Waals surface area contributed by atoms with Gasteiger partial charge < -0.3 is 14.4 Å². The van der Waals surface area contributed by atoms with Crippen molar-refractivity contribution in [2.75, 3.05) is 4.90 Å². The molecule has 286 valence electrons. The summed E-state index contributed by atoms with van der Waals surface area (Å²) in [6.07, 6.45) is 6.55. The van der Waals surface area contributed by atoms with Crippen LogP contribution in [0.4, 0.5) is 17.2 Å². The van der Waals surface area contributed by atoms with Gasteiger partial charge in [0.05, 0.1) is 6.04 Å². The third-order valence-corrected chi connectivity index (χ3v) is 11.6. The fourth-order valence-electron chi connectivity index (χ4n) is 8.59. The number of nitrogens with zero attached hydrogens (tertiary/aromatic N) is 3. The molecule has 2 aliphatic heterocycles. The molecule has 3 heterocycles. The summed E-state index contributed by atoms with van der Waals surface area (Å²) in [7, 11) is 0. The largest absolute Gasteiger partial charge is 2.00 e. The Balaban J connectivity index is 0.00000465. The van der Waals surface area contributed by atoms with Gasteiger partial charge in [0.2, 0.25) is 0 Å². The first-order valence-corrected chi connectivity index (χ1v) is 19.9. The molecule has 1 fully saturated rings. The molecule has 4 aromatic carbocycles. The van der Waals surface area contributed by atoms with Crippen molar-refractivity contribution in [2.24, 2.45) is 4.99 Å². The number of hydrogen-bond acceptors (Lipinski definition) is 5. The summed E-state index contributed by atoms with van der Waals surface area (Å²) in [6, 6.07) is 35.8. The topological polar surface area (TPSA) is 47.0 Å². The van der Waals surface area contributed by atoms with Gasteiger partial charge in [0, 0.05) is 23.4 Å². The van der Waals surface area contributed by atoms with Crippen molar-refractivity contribution < 1.29 is 30.5 Å². The quantitative estimate of drug-likeness (QED) is 0.153. The Morgan fingerprint density at radius 3 is 2.25 bits per heavy atom. The second-order valence-corrected chi connectivity index (χ2v) is 17.5. The van der Waals surface area contributed by atoms with Crippen molar-refractivity contribution in [3.05, 3.63) is 131 Å². The summed E-state index contributed by atoms with van der Waals surface area (Å²) in [5.74, 6) is 3.45. The molecule has 0 saturated heterocycles. The van der Waals surface area contributed by atoms with E-state index in [2.05, 4.69) is 152 Å². The predicted molar refractivity (Wildman–Crippen MR) is 221 cm³/mol. The van der Waals surface area contributed by atoms with Gasteiger partial charge in [-0.3, -0.25) is 4.99 Å². The molecule has 0 amide bonds. The van der Waals surface area contributed by atoms with Crippen molar-refractivity contribution in [1.82, 2.24) is 4.98 Å². The van der Waals surface area contributed by atoms with Gasteiger partial charge in [-0.05, 0) is 87.9 Å². The van der Waals surface area contributed by atoms with Crippen LogP contribution >= 0.6 is 0 Å². The van der Waals surface area contributed by atoms with Crippen molar-refractivity contribution in [3.63, 3.8) is 0 Å². The van der Waals surface area contributed by atoms with Crippen molar-refractivity contribution >= 4 is 23.1 Å². The van der Waals surface area contributed by atoms with E-state index in [1.807, 2.05) is 12.3 Å². The molecule has 3 aliphatic rings. The molecule has 5 aromatic rings. The molecule has 5 nitrogen and oxygen atoms in total. The molecule has 0 unspecified atom stereocenters. The zero-order valence-corrected chi connectivity index (χ0v) is 36.0. The van der Waals surface area contributed by atoms with E-state index in [4.69, 9.17) is 19.5 Å². The zero-order chi connectivity index (χ0) is 37.9. The molecule has 0 radical (unpaired) electrons. The van der Waals surface area contributed by atoms with E-state index in [1.165, 1.54) is 46.2 Å². The van der Waals surface area contributed by atoms with Crippen LogP contribution in [0.25, 0.3) is 11.1 Å². The van der Waals surface area contributed by atoms with E-state index in [1.54, 1.807) is 0 Å². The number of pyridine rings is 1. The van der Waals surface area contributed by atoms with E-state index in [0.717, 1.165) is 41.2 Å². The average molecular weight is 911 g/mol. The molecule has 1 aliphatic carbocycles. The maximum absolute atomic E-state index is 6.88. The molecule has 1 saturated carbocycles. The molecule has 55 heavy (non-hydrogen) atoms.